The lowest BCUT2D eigenvalue weighted by Crippen LogP contribution is -2.52. The van der Waals surface area contributed by atoms with Crippen molar-refractivity contribution >= 4 is 15.5 Å². The van der Waals surface area contributed by atoms with Crippen LogP contribution < -0.4 is 4.90 Å². The van der Waals surface area contributed by atoms with Crippen molar-refractivity contribution in [2.75, 3.05) is 43.9 Å². The summed E-state index contributed by atoms with van der Waals surface area (Å²) in [7, 11) is -3.29. The van der Waals surface area contributed by atoms with Crippen LogP contribution in [0.1, 0.15) is 37.3 Å². The molecule has 0 N–H and O–H groups in total. The first-order chi connectivity index (χ1) is 17.1. The Morgan fingerprint density at radius 1 is 0.944 bits per heavy atom. The molecule has 36 heavy (non-hydrogen) atoms. The molecule has 0 saturated carbocycles. The van der Waals surface area contributed by atoms with E-state index >= 15 is 0 Å². The largest absolute Gasteiger partial charge is 0.401 e. The van der Waals surface area contributed by atoms with Crippen molar-refractivity contribution in [2.45, 2.75) is 54.9 Å². The van der Waals surface area contributed by atoms with Crippen molar-refractivity contribution in [3.8, 4) is 0 Å². The number of piperidine rings is 1. The Hall–Kier alpha value is -2.10. The van der Waals surface area contributed by atoms with Crippen molar-refractivity contribution in [3.05, 3.63) is 60.2 Å². The normalized spacial score (nSPS) is 27.9. The van der Waals surface area contributed by atoms with Crippen LogP contribution in [0.5, 0.6) is 0 Å². The minimum Gasteiger partial charge on any atom is -0.368 e. The van der Waals surface area contributed by atoms with Crippen LogP contribution in [0.2, 0.25) is 0 Å². The Bertz CT molecular complexity index is 1140. The quantitative estimate of drug-likeness (QED) is 0.549. The van der Waals surface area contributed by atoms with Crippen molar-refractivity contribution in [2.24, 2.45) is 5.92 Å². The molecule has 4 atom stereocenters. The minimum absolute atomic E-state index is 0.0329. The van der Waals surface area contributed by atoms with Gasteiger partial charge in [-0.2, -0.15) is 13.2 Å². The van der Waals surface area contributed by atoms with E-state index in [1.807, 2.05) is 24.3 Å². The molecular formula is C27H34F3N3O2S. The molecule has 0 unspecified atom stereocenters. The second kappa shape index (κ2) is 9.99. The molecule has 0 spiro atoms. The van der Waals surface area contributed by atoms with Gasteiger partial charge in [0.2, 0.25) is 0 Å². The van der Waals surface area contributed by atoms with Crippen LogP contribution in [0, 0.1) is 5.92 Å². The first-order valence-corrected chi connectivity index (χ1v) is 14.6. The lowest BCUT2D eigenvalue weighted by molar-refractivity contribution is -0.157. The molecule has 196 valence electrons. The molecule has 3 saturated heterocycles. The van der Waals surface area contributed by atoms with Crippen LogP contribution in [0.15, 0.2) is 59.5 Å². The summed E-state index contributed by atoms with van der Waals surface area (Å²) in [5.41, 5.74) is 2.11. The van der Waals surface area contributed by atoms with E-state index in [0.29, 0.717) is 10.8 Å². The predicted molar refractivity (Wildman–Crippen MR) is 135 cm³/mol. The number of sulfone groups is 1. The SMILES string of the molecule is CS(=O)(=O)c1cccc(N2CCN(C[C@@H]3C[C@H]4CC[C@@H](C3)N4CC(F)(F)F)[C@@H](c3ccccc3)C2)c1. The molecule has 9 heteroatoms. The average Bonchev–Trinajstić information content (AvgIpc) is 3.05. The number of alkyl halides is 3. The minimum atomic E-state index is -4.14. The number of anilines is 1. The van der Waals surface area contributed by atoms with E-state index in [0.717, 1.165) is 57.5 Å². The fourth-order valence-corrected chi connectivity index (χ4v) is 7.17. The van der Waals surface area contributed by atoms with Crippen molar-refractivity contribution < 1.29 is 21.6 Å². The number of halogens is 3. The molecule has 5 rings (SSSR count). The predicted octanol–water partition coefficient (Wildman–Crippen LogP) is 4.76. The summed E-state index contributed by atoms with van der Waals surface area (Å²) in [6.45, 7) is 2.42. The van der Waals surface area contributed by atoms with E-state index in [2.05, 4.69) is 21.9 Å². The fourth-order valence-electron chi connectivity index (χ4n) is 6.51. The van der Waals surface area contributed by atoms with Gasteiger partial charge >= 0.3 is 6.18 Å². The first kappa shape index (κ1) is 25.5. The zero-order chi connectivity index (χ0) is 25.5. The van der Waals surface area contributed by atoms with Gasteiger partial charge in [0.25, 0.3) is 0 Å². The summed E-state index contributed by atoms with van der Waals surface area (Å²) in [4.78, 5) is 6.77. The maximum Gasteiger partial charge on any atom is 0.401 e. The molecule has 3 aliphatic heterocycles. The number of nitrogens with zero attached hydrogens (tertiary/aromatic N) is 3. The Balaban J connectivity index is 1.32. The molecule has 0 aliphatic carbocycles. The third-order valence-corrected chi connectivity index (χ3v) is 9.23. The van der Waals surface area contributed by atoms with Gasteiger partial charge in [0.15, 0.2) is 9.84 Å². The van der Waals surface area contributed by atoms with Gasteiger partial charge in [-0.05, 0) is 55.4 Å². The fraction of sp³-hybridized carbons (Fsp3) is 0.556. The van der Waals surface area contributed by atoms with Crippen molar-refractivity contribution in [1.82, 2.24) is 9.80 Å². The van der Waals surface area contributed by atoms with E-state index < -0.39 is 22.6 Å². The standard InChI is InChI=1S/C27H34F3N3O2S/c1-36(34,35)25-9-5-8-22(16-25)31-12-13-32(26(18-31)21-6-3-2-4-7-21)17-20-14-23-10-11-24(15-20)33(23)19-27(28,29)30/h2-9,16,20,23-24,26H,10-15,17-19H2,1H3/t20-,23-,24+,26-/m1/s1. The molecule has 3 aliphatic rings. The van der Waals surface area contributed by atoms with Gasteiger partial charge in [-0.1, -0.05) is 36.4 Å². The zero-order valence-electron chi connectivity index (χ0n) is 20.6. The Kier molecular flexibility index (Phi) is 7.09. The second-order valence-corrected chi connectivity index (χ2v) is 12.7. The lowest BCUT2D eigenvalue weighted by atomic mass is 9.89. The van der Waals surface area contributed by atoms with Crippen molar-refractivity contribution in [1.29, 1.82) is 0 Å². The van der Waals surface area contributed by atoms with Gasteiger partial charge in [-0.3, -0.25) is 9.80 Å². The number of fused-ring (bicyclic) bond motifs is 2. The first-order valence-electron chi connectivity index (χ1n) is 12.7. The highest BCUT2D eigenvalue weighted by Gasteiger charge is 2.46. The smallest absolute Gasteiger partial charge is 0.368 e. The van der Waals surface area contributed by atoms with Gasteiger partial charge < -0.3 is 4.90 Å². The molecule has 2 bridgehead atoms. The molecule has 0 aromatic heterocycles. The molecular weight excluding hydrogens is 487 g/mol. The van der Waals surface area contributed by atoms with E-state index in [1.165, 1.54) is 11.8 Å². The number of hydrogen-bond donors (Lipinski definition) is 0. The highest BCUT2D eigenvalue weighted by Crippen LogP contribution is 2.41. The highest BCUT2D eigenvalue weighted by atomic mass is 32.2. The zero-order valence-corrected chi connectivity index (χ0v) is 21.4. The number of rotatable bonds is 6. The topological polar surface area (TPSA) is 43.9 Å². The molecule has 2 aromatic rings. The van der Waals surface area contributed by atoms with Crippen LogP contribution >= 0.6 is 0 Å². The van der Waals surface area contributed by atoms with Gasteiger partial charge in [0.1, 0.15) is 0 Å². The Morgan fingerprint density at radius 3 is 2.28 bits per heavy atom. The molecule has 3 heterocycles. The molecule has 0 radical (unpaired) electrons. The Labute approximate surface area is 211 Å². The monoisotopic (exact) mass is 521 g/mol. The Morgan fingerprint density at radius 2 is 1.64 bits per heavy atom. The summed E-state index contributed by atoms with van der Waals surface area (Å²) in [6, 6.07) is 17.7. The van der Waals surface area contributed by atoms with Crippen molar-refractivity contribution in [3.63, 3.8) is 0 Å². The van der Waals surface area contributed by atoms with Crippen LogP contribution in [0.3, 0.4) is 0 Å². The summed E-state index contributed by atoms with van der Waals surface area (Å²) in [5, 5.41) is 0. The van der Waals surface area contributed by atoms with Crippen LogP contribution in [0.25, 0.3) is 0 Å². The highest BCUT2D eigenvalue weighted by molar-refractivity contribution is 7.90. The van der Waals surface area contributed by atoms with E-state index in [1.54, 1.807) is 23.1 Å². The maximum absolute atomic E-state index is 13.1. The maximum atomic E-state index is 13.1. The number of piperazine rings is 1. The summed E-state index contributed by atoms with van der Waals surface area (Å²) in [6.07, 6.45) is 0.462. The van der Waals surface area contributed by atoms with Crippen LogP contribution in [-0.2, 0) is 9.84 Å². The molecule has 0 amide bonds. The molecule has 5 nitrogen and oxygen atoms in total. The van der Waals surface area contributed by atoms with E-state index in [-0.39, 0.29) is 18.1 Å². The van der Waals surface area contributed by atoms with Gasteiger partial charge in [-0.25, -0.2) is 8.42 Å². The second-order valence-electron chi connectivity index (χ2n) is 10.6. The summed E-state index contributed by atoms with van der Waals surface area (Å²) in [5.74, 6) is 0.387. The number of benzene rings is 2. The van der Waals surface area contributed by atoms with Gasteiger partial charge in [-0.15, -0.1) is 0 Å². The summed E-state index contributed by atoms with van der Waals surface area (Å²) >= 11 is 0. The lowest BCUT2D eigenvalue weighted by Gasteiger charge is -2.46. The molecule has 2 aromatic carbocycles. The van der Waals surface area contributed by atoms with Crippen LogP contribution in [0.4, 0.5) is 18.9 Å². The van der Waals surface area contributed by atoms with E-state index in [9.17, 15) is 21.6 Å². The third kappa shape index (κ3) is 5.73. The average molecular weight is 522 g/mol. The van der Waals surface area contributed by atoms with Gasteiger partial charge in [0.05, 0.1) is 17.5 Å². The number of hydrogen-bond acceptors (Lipinski definition) is 5. The third-order valence-electron chi connectivity index (χ3n) is 8.12. The van der Waals surface area contributed by atoms with E-state index in [4.69, 9.17) is 0 Å². The van der Waals surface area contributed by atoms with Gasteiger partial charge in [0, 0.05) is 50.2 Å². The molecule has 3 fully saturated rings. The summed E-state index contributed by atoms with van der Waals surface area (Å²) < 4.78 is 63.5. The van der Waals surface area contributed by atoms with Crippen LogP contribution in [-0.4, -0.2) is 75.5 Å².